The van der Waals surface area contributed by atoms with Crippen LogP contribution in [0.4, 0.5) is 0 Å². The molecule has 15 heavy (non-hydrogen) atoms. The number of hydrogen-bond acceptors (Lipinski definition) is 2. The van der Waals surface area contributed by atoms with E-state index in [0.717, 1.165) is 11.1 Å². The van der Waals surface area contributed by atoms with E-state index in [1.807, 2.05) is 25.1 Å². The molecule has 1 aromatic carbocycles. The van der Waals surface area contributed by atoms with Crippen LogP contribution in [-0.4, -0.2) is 17.7 Å². The zero-order valence-corrected chi connectivity index (χ0v) is 9.28. The van der Waals surface area contributed by atoms with Crippen LogP contribution >= 0.6 is 0 Å². The highest BCUT2D eigenvalue weighted by Crippen LogP contribution is 2.24. The van der Waals surface area contributed by atoms with Crippen molar-refractivity contribution in [1.29, 1.82) is 0 Å². The molecule has 82 valence electrons. The SMILES string of the molecule is Cc1ccc(C(C)C)cc1OCC(=O)O. The van der Waals surface area contributed by atoms with Gasteiger partial charge < -0.3 is 9.84 Å². The lowest BCUT2D eigenvalue weighted by Gasteiger charge is -2.11. The van der Waals surface area contributed by atoms with Gasteiger partial charge in [-0.15, -0.1) is 0 Å². The van der Waals surface area contributed by atoms with E-state index in [2.05, 4.69) is 13.8 Å². The van der Waals surface area contributed by atoms with Gasteiger partial charge in [-0.25, -0.2) is 4.79 Å². The number of carbonyl (C=O) groups is 1. The molecule has 0 atom stereocenters. The molecule has 0 saturated heterocycles. The number of aryl methyl sites for hydroxylation is 1. The van der Waals surface area contributed by atoms with Crippen molar-refractivity contribution in [2.24, 2.45) is 0 Å². The van der Waals surface area contributed by atoms with Crippen LogP contribution in [0.25, 0.3) is 0 Å². The Balaban J connectivity index is 2.85. The van der Waals surface area contributed by atoms with Gasteiger partial charge in [0.15, 0.2) is 6.61 Å². The van der Waals surface area contributed by atoms with Gasteiger partial charge in [-0.2, -0.15) is 0 Å². The highest BCUT2D eigenvalue weighted by molar-refractivity contribution is 5.68. The largest absolute Gasteiger partial charge is 0.482 e. The Kier molecular flexibility index (Phi) is 3.72. The fourth-order valence-electron chi connectivity index (χ4n) is 1.27. The Bertz CT molecular complexity index is 356. The van der Waals surface area contributed by atoms with Crippen molar-refractivity contribution in [1.82, 2.24) is 0 Å². The van der Waals surface area contributed by atoms with Gasteiger partial charge in [-0.05, 0) is 30.0 Å². The molecule has 0 heterocycles. The average Bonchev–Trinajstić information content (AvgIpc) is 2.16. The molecule has 0 aromatic heterocycles. The van der Waals surface area contributed by atoms with E-state index in [1.54, 1.807) is 0 Å². The molecule has 0 aliphatic carbocycles. The fourth-order valence-corrected chi connectivity index (χ4v) is 1.27. The Morgan fingerprint density at radius 3 is 2.67 bits per heavy atom. The van der Waals surface area contributed by atoms with Crippen LogP contribution < -0.4 is 4.74 Å². The van der Waals surface area contributed by atoms with E-state index in [-0.39, 0.29) is 6.61 Å². The maximum atomic E-state index is 10.4. The van der Waals surface area contributed by atoms with Gasteiger partial charge in [0.25, 0.3) is 0 Å². The molecule has 3 heteroatoms. The predicted octanol–water partition coefficient (Wildman–Crippen LogP) is 2.58. The first-order valence-corrected chi connectivity index (χ1v) is 4.96. The summed E-state index contributed by atoms with van der Waals surface area (Å²) >= 11 is 0. The summed E-state index contributed by atoms with van der Waals surface area (Å²) in [5.41, 5.74) is 2.11. The Hall–Kier alpha value is -1.51. The third-order valence-electron chi connectivity index (χ3n) is 2.23. The number of carboxylic acid groups (broad SMARTS) is 1. The van der Waals surface area contributed by atoms with E-state index in [0.29, 0.717) is 11.7 Å². The van der Waals surface area contributed by atoms with Gasteiger partial charge in [0.1, 0.15) is 5.75 Å². The van der Waals surface area contributed by atoms with E-state index >= 15 is 0 Å². The van der Waals surface area contributed by atoms with E-state index in [1.165, 1.54) is 0 Å². The lowest BCUT2D eigenvalue weighted by Crippen LogP contribution is -2.10. The minimum absolute atomic E-state index is 0.289. The van der Waals surface area contributed by atoms with Crippen molar-refractivity contribution >= 4 is 5.97 Å². The van der Waals surface area contributed by atoms with Crippen LogP contribution in [0.2, 0.25) is 0 Å². The van der Waals surface area contributed by atoms with E-state index in [9.17, 15) is 4.79 Å². The van der Waals surface area contributed by atoms with Gasteiger partial charge in [0, 0.05) is 0 Å². The number of hydrogen-bond donors (Lipinski definition) is 1. The second kappa shape index (κ2) is 4.82. The molecule has 1 aromatic rings. The third kappa shape index (κ3) is 3.27. The van der Waals surface area contributed by atoms with Crippen LogP contribution in [0.3, 0.4) is 0 Å². The summed E-state index contributed by atoms with van der Waals surface area (Å²) in [6.07, 6.45) is 0. The summed E-state index contributed by atoms with van der Waals surface area (Å²) in [7, 11) is 0. The predicted molar refractivity (Wildman–Crippen MR) is 58.4 cm³/mol. The highest BCUT2D eigenvalue weighted by Gasteiger charge is 2.06. The summed E-state index contributed by atoms with van der Waals surface area (Å²) in [6.45, 7) is 5.79. The first-order valence-electron chi connectivity index (χ1n) is 4.96. The molecule has 0 saturated carbocycles. The van der Waals surface area contributed by atoms with Crippen LogP contribution in [0, 0.1) is 6.92 Å². The molecular formula is C12H16O3. The van der Waals surface area contributed by atoms with Crippen molar-refractivity contribution in [2.45, 2.75) is 26.7 Å². The van der Waals surface area contributed by atoms with Gasteiger partial charge >= 0.3 is 5.97 Å². The van der Waals surface area contributed by atoms with E-state index in [4.69, 9.17) is 9.84 Å². The zero-order chi connectivity index (χ0) is 11.4. The van der Waals surface area contributed by atoms with Crippen molar-refractivity contribution in [2.75, 3.05) is 6.61 Å². The van der Waals surface area contributed by atoms with Crippen molar-refractivity contribution < 1.29 is 14.6 Å². The monoisotopic (exact) mass is 208 g/mol. The van der Waals surface area contributed by atoms with Gasteiger partial charge in [-0.1, -0.05) is 26.0 Å². The zero-order valence-electron chi connectivity index (χ0n) is 9.28. The number of benzene rings is 1. The van der Waals surface area contributed by atoms with Gasteiger partial charge in [0.05, 0.1) is 0 Å². The van der Waals surface area contributed by atoms with E-state index < -0.39 is 5.97 Å². The maximum Gasteiger partial charge on any atom is 0.341 e. The lowest BCUT2D eigenvalue weighted by atomic mass is 10.0. The summed E-state index contributed by atoms with van der Waals surface area (Å²) < 4.78 is 5.19. The van der Waals surface area contributed by atoms with Gasteiger partial charge in [-0.3, -0.25) is 0 Å². The molecule has 0 radical (unpaired) electrons. The normalized spacial score (nSPS) is 10.4. The molecule has 0 unspecified atom stereocenters. The number of ether oxygens (including phenoxy) is 1. The van der Waals surface area contributed by atoms with Crippen LogP contribution in [0.1, 0.15) is 30.9 Å². The summed E-state index contributed by atoms with van der Waals surface area (Å²) in [4.78, 5) is 10.4. The van der Waals surface area contributed by atoms with Crippen molar-refractivity contribution in [3.63, 3.8) is 0 Å². The Morgan fingerprint density at radius 1 is 1.47 bits per heavy atom. The second-order valence-corrected chi connectivity index (χ2v) is 3.86. The summed E-state index contributed by atoms with van der Waals surface area (Å²) in [6, 6.07) is 5.89. The van der Waals surface area contributed by atoms with Crippen LogP contribution in [0.15, 0.2) is 18.2 Å². The molecule has 0 bridgehead atoms. The highest BCUT2D eigenvalue weighted by atomic mass is 16.5. The molecule has 0 fully saturated rings. The third-order valence-corrected chi connectivity index (χ3v) is 2.23. The average molecular weight is 208 g/mol. The molecule has 1 N–H and O–H groups in total. The summed E-state index contributed by atoms with van der Waals surface area (Å²) in [5.74, 6) is 0.116. The van der Waals surface area contributed by atoms with Crippen LogP contribution in [-0.2, 0) is 4.79 Å². The molecule has 0 spiro atoms. The smallest absolute Gasteiger partial charge is 0.341 e. The lowest BCUT2D eigenvalue weighted by molar-refractivity contribution is -0.139. The number of carboxylic acids is 1. The molecular weight excluding hydrogens is 192 g/mol. The Morgan fingerprint density at radius 2 is 2.13 bits per heavy atom. The van der Waals surface area contributed by atoms with Crippen molar-refractivity contribution in [3.05, 3.63) is 29.3 Å². The number of rotatable bonds is 4. The first-order chi connectivity index (χ1) is 7.00. The summed E-state index contributed by atoms with van der Waals surface area (Å²) in [5, 5.41) is 8.52. The maximum absolute atomic E-state index is 10.4. The molecule has 3 nitrogen and oxygen atoms in total. The fraction of sp³-hybridized carbons (Fsp3) is 0.417. The second-order valence-electron chi connectivity index (χ2n) is 3.86. The minimum atomic E-state index is -0.954. The molecule has 0 aliphatic heterocycles. The number of aliphatic carboxylic acids is 1. The first kappa shape index (κ1) is 11.6. The van der Waals surface area contributed by atoms with Gasteiger partial charge in [0.2, 0.25) is 0 Å². The minimum Gasteiger partial charge on any atom is -0.482 e. The Labute approximate surface area is 89.7 Å². The molecule has 0 amide bonds. The standard InChI is InChI=1S/C12H16O3/c1-8(2)10-5-4-9(3)11(6-10)15-7-12(13)14/h4-6,8H,7H2,1-3H3,(H,13,14). The van der Waals surface area contributed by atoms with Crippen LogP contribution in [0.5, 0.6) is 5.75 Å². The molecule has 0 aliphatic rings. The topological polar surface area (TPSA) is 46.5 Å². The quantitative estimate of drug-likeness (QED) is 0.827. The molecule has 1 rings (SSSR count). The van der Waals surface area contributed by atoms with Crippen molar-refractivity contribution in [3.8, 4) is 5.75 Å².